The number of rotatable bonds is 5. The van der Waals surface area contributed by atoms with Gasteiger partial charge in [-0.25, -0.2) is 4.79 Å². The fourth-order valence-electron chi connectivity index (χ4n) is 3.93. The number of carbonyl (C=O) groups is 2. The quantitative estimate of drug-likeness (QED) is 0.294. The fraction of sp³-hybridized carbons (Fsp3) is 0.355. The van der Waals surface area contributed by atoms with Crippen molar-refractivity contribution in [2.45, 2.75) is 65.7 Å². The van der Waals surface area contributed by atoms with E-state index in [2.05, 4.69) is 78.8 Å². The van der Waals surface area contributed by atoms with E-state index >= 15 is 0 Å². The maximum absolute atomic E-state index is 13.7. The third-order valence-corrected chi connectivity index (χ3v) is 6.28. The highest BCUT2D eigenvalue weighted by Gasteiger charge is 2.23. The molecule has 34 heavy (non-hydrogen) atoms. The van der Waals surface area contributed by atoms with Crippen LogP contribution >= 0.6 is 0 Å². The molecule has 3 aromatic rings. The van der Waals surface area contributed by atoms with Gasteiger partial charge in [-0.2, -0.15) is 0 Å². The molecule has 178 valence electrons. The molecule has 0 heterocycles. The van der Waals surface area contributed by atoms with Crippen LogP contribution in [0.1, 0.15) is 91.4 Å². The number of methoxy groups -OCH3 is 1. The van der Waals surface area contributed by atoms with Gasteiger partial charge in [0.1, 0.15) is 0 Å². The highest BCUT2D eigenvalue weighted by atomic mass is 16.5. The minimum atomic E-state index is -0.415. The van der Waals surface area contributed by atoms with Crippen LogP contribution in [0.15, 0.2) is 60.7 Å². The third-order valence-electron chi connectivity index (χ3n) is 6.28. The molecule has 0 aromatic heterocycles. The first-order chi connectivity index (χ1) is 15.8. The molecule has 0 aliphatic rings. The van der Waals surface area contributed by atoms with Crippen LogP contribution in [0, 0.1) is 0 Å². The molecule has 0 N–H and O–H groups in total. The van der Waals surface area contributed by atoms with E-state index in [1.54, 1.807) is 24.3 Å². The zero-order valence-corrected chi connectivity index (χ0v) is 21.7. The number of hydrogen-bond acceptors (Lipinski definition) is 3. The molecule has 0 aliphatic heterocycles. The van der Waals surface area contributed by atoms with Crippen molar-refractivity contribution in [3.63, 3.8) is 0 Å². The van der Waals surface area contributed by atoms with Gasteiger partial charge in [-0.15, -0.1) is 0 Å². The van der Waals surface area contributed by atoms with Gasteiger partial charge in [0.15, 0.2) is 5.78 Å². The van der Waals surface area contributed by atoms with Crippen LogP contribution in [0.5, 0.6) is 0 Å². The summed E-state index contributed by atoms with van der Waals surface area (Å²) in [6.45, 7) is 15.4. The van der Waals surface area contributed by atoms with E-state index < -0.39 is 5.97 Å². The molecule has 3 aromatic carbocycles. The van der Waals surface area contributed by atoms with Crippen molar-refractivity contribution in [3.05, 3.63) is 94.0 Å². The summed E-state index contributed by atoms with van der Waals surface area (Å²) in [6.07, 6.45) is 0.844. The predicted octanol–water partition coefficient (Wildman–Crippen LogP) is 7.53. The molecule has 0 amide bonds. The lowest BCUT2D eigenvalue weighted by Crippen LogP contribution is -2.16. The zero-order chi connectivity index (χ0) is 25.3. The van der Waals surface area contributed by atoms with Gasteiger partial charge >= 0.3 is 5.97 Å². The van der Waals surface area contributed by atoms with Crippen molar-refractivity contribution in [2.24, 2.45) is 0 Å². The van der Waals surface area contributed by atoms with Gasteiger partial charge in [0, 0.05) is 11.1 Å². The summed E-state index contributed by atoms with van der Waals surface area (Å²) in [7, 11) is 1.35. The Morgan fingerprint density at radius 2 is 1.26 bits per heavy atom. The largest absolute Gasteiger partial charge is 0.465 e. The van der Waals surface area contributed by atoms with E-state index in [0.29, 0.717) is 16.7 Å². The Hall–Kier alpha value is -3.20. The molecule has 0 saturated heterocycles. The maximum atomic E-state index is 13.7. The number of carbonyl (C=O) groups excluding carboxylic acids is 2. The molecule has 3 heteroatoms. The van der Waals surface area contributed by atoms with Crippen molar-refractivity contribution in [2.75, 3.05) is 7.11 Å². The molecular formula is C31H36O3. The first-order valence-electron chi connectivity index (χ1n) is 11.9. The first-order valence-corrected chi connectivity index (χ1v) is 11.9. The average molecular weight is 457 g/mol. The van der Waals surface area contributed by atoms with Crippen molar-refractivity contribution < 1.29 is 14.3 Å². The summed E-state index contributed by atoms with van der Waals surface area (Å²) in [4.78, 5) is 25.5. The van der Waals surface area contributed by atoms with Crippen LogP contribution in [0.3, 0.4) is 0 Å². The molecule has 0 unspecified atom stereocenters. The summed E-state index contributed by atoms with van der Waals surface area (Å²) < 4.78 is 4.78. The summed E-state index contributed by atoms with van der Waals surface area (Å²) in [5, 5.41) is 0. The molecule has 0 spiro atoms. The lowest BCUT2D eigenvalue weighted by Gasteiger charge is -2.26. The lowest BCUT2D eigenvalue weighted by atomic mass is 9.78. The van der Waals surface area contributed by atoms with Crippen LogP contribution in [-0.2, 0) is 22.0 Å². The molecular weight excluding hydrogens is 420 g/mol. The second-order valence-electron chi connectivity index (χ2n) is 10.9. The van der Waals surface area contributed by atoms with Crippen LogP contribution in [-0.4, -0.2) is 18.9 Å². The second-order valence-corrected chi connectivity index (χ2v) is 10.9. The number of benzene rings is 3. The summed E-state index contributed by atoms with van der Waals surface area (Å²) in [6, 6.07) is 19.6. The molecule has 0 atom stereocenters. The van der Waals surface area contributed by atoms with E-state index in [0.717, 1.165) is 23.1 Å². The third kappa shape index (κ3) is 5.47. The molecule has 0 fully saturated rings. The highest BCUT2D eigenvalue weighted by molar-refractivity contribution is 6.13. The fourth-order valence-corrected chi connectivity index (χ4v) is 3.93. The van der Waals surface area contributed by atoms with E-state index in [4.69, 9.17) is 4.74 Å². The number of aryl methyl sites for hydroxylation is 1. The number of ketones is 1. The first kappa shape index (κ1) is 25.4. The molecule has 3 nitrogen and oxygen atoms in total. The Balaban J connectivity index is 2.20. The van der Waals surface area contributed by atoms with Gasteiger partial charge in [-0.05, 0) is 63.3 Å². The van der Waals surface area contributed by atoms with Crippen LogP contribution < -0.4 is 0 Å². The van der Waals surface area contributed by atoms with E-state index in [9.17, 15) is 9.59 Å². The van der Waals surface area contributed by atoms with E-state index in [-0.39, 0.29) is 16.6 Å². The number of ether oxygens (including phenoxy) is 1. The Morgan fingerprint density at radius 3 is 1.74 bits per heavy atom. The van der Waals surface area contributed by atoms with Crippen molar-refractivity contribution in [1.82, 2.24) is 0 Å². The van der Waals surface area contributed by atoms with Gasteiger partial charge in [0.2, 0.25) is 0 Å². The topological polar surface area (TPSA) is 43.4 Å². The van der Waals surface area contributed by atoms with Crippen molar-refractivity contribution in [3.8, 4) is 11.1 Å². The molecule has 0 aliphatic carbocycles. The normalized spacial score (nSPS) is 11.9. The number of hydrogen-bond donors (Lipinski definition) is 0. The van der Waals surface area contributed by atoms with Gasteiger partial charge in [0.25, 0.3) is 0 Å². The number of esters is 1. The van der Waals surface area contributed by atoms with Gasteiger partial charge < -0.3 is 4.74 Å². The Bertz CT molecular complexity index is 1170. The Labute approximate surface area is 204 Å². The molecule has 3 rings (SSSR count). The average Bonchev–Trinajstić information content (AvgIpc) is 2.81. The van der Waals surface area contributed by atoms with Gasteiger partial charge in [-0.1, -0.05) is 90.9 Å². The summed E-state index contributed by atoms with van der Waals surface area (Å²) in [5.41, 5.74) is 7.19. The Kier molecular flexibility index (Phi) is 7.16. The predicted molar refractivity (Wildman–Crippen MR) is 140 cm³/mol. The van der Waals surface area contributed by atoms with E-state index in [1.165, 1.54) is 18.2 Å². The van der Waals surface area contributed by atoms with Crippen molar-refractivity contribution >= 4 is 11.8 Å². The molecule has 0 bridgehead atoms. The monoisotopic (exact) mass is 456 g/mol. The maximum Gasteiger partial charge on any atom is 0.337 e. The van der Waals surface area contributed by atoms with Crippen LogP contribution in [0.2, 0.25) is 0 Å². The SMILES string of the molecule is CCc1ccc(-c2cc(C(C)(C)C)cc(C(C)(C)C)c2)c(C(=O)c2ccc(C(=O)OC)cc2)c1. The van der Waals surface area contributed by atoms with Crippen LogP contribution in [0.4, 0.5) is 0 Å². The summed E-state index contributed by atoms with van der Waals surface area (Å²) in [5.74, 6) is -0.471. The Morgan fingerprint density at radius 1 is 0.735 bits per heavy atom. The van der Waals surface area contributed by atoms with Gasteiger partial charge in [-0.3, -0.25) is 4.79 Å². The van der Waals surface area contributed by atoms with Crippen LogP contribution in [0.25, 0.3) is 11.1 Å². The van der Waals surface area contributed by atoms with Gasteiger partial charge in [0.05, 0.1) is 12.7 Å². The lowest BCUT2D eigenvalue weighted by molar-refractivity contribution is 0.0600. The summed E-state index contributed by atoms with van der Waals surface area (Å²) >= 11 is 0. The second kappa shape index (κ2) is 9.58. The molecule has 0 saturated carbocycles. The smallest absolute Gasteiger partial charge is 0.337 e. The minimum Gasteiger partial charge on any atom is -0.465 e. The minimum absolute atomic E-state index is 0.0206. The van der Waals surface area contributed by atoms with Crippen molar-refractivity contribution in [1.29, 1.82) is 0 Å². The zero-order valence-electron chi connectivity index (χ0n) is 21.7. The highest BCUT2D eigenvalue weighted by Crippen LogP contribution is 2.36. The standard InChI is InChI=1S/C31H36O3/c1-9-20-10-15-26(23-17-24(30(2,3)4)19-25(18-23)31(5,6)7)27(16-20)28(32)21-11-13-22(14-12-21)29(33)34-8/h10-19H,9H2,1-8H3. The molecule has 0 radical (unpaired) electrons. The van der Waals surface area contributed by atoms with E-state index in [1.807, 2.05) is 6.07 Å².